The molecule has 0 unspecified atom stereocenters. The quantitative estimate of drug-likeness (QED) is 0.305. The third kappa shape index (κ3) is 3.94. The van der Waals surface area contributed by atoms with Crippen LogP contribution in [0.3, 0.4) is 0 Å². The minimum absolute atomic E-state index is 0.138. The van der Waals surface area contributed by atoms with E-state index in [-0.39, 0.29) is 5.78 Å². The number of para-hydroxylation sites is 1. The Morgan fingerprint density at radius 2 is 1.70 bits per heavy atom. The van der Waals surface area contributed by atoms with Gasteiger partial charge in [-0.05, 0) is 41.5 Å². The predicted octanol–water partition coefficient (Wildman–Crippen LogP) is 5.82. The van der Waals surface area contributed by atoms with Crippen molar-refractivity contribution in [3.8, 4) is 22.6 Å². The number of carbonyl (C=O) groups is 1. The molecule has 4 rings (SSSR count). The maximum Gasteiger partial charge on any atom is 0.189 e. The van der Waals surface area contributed by atoms with Gasteiger partial charge < -0.3 is 9.47 Å². The van der Waals surface area contributed by atoms with E-state index in [2.05, 4.69) is 11.1 Å². The molecule has 148 valence electrons. The standard InChI is InChI=1S/C26H21NO3/c1-29-21-12-13-23(26(16-21)30-2)25(28)14-11-18-7-3-5-9-22(18)20-15-19-8-4-6-10-24(19)27-17-20/h3-17H,1-2H3/b14-11+. The Morgan fingerprint density at radius 3 is 2.53 bits per heavy atom. The molecule has 4 aromatic rings. The van der Waals surface area contributed by atoms with E-state index < -0.39 is 0 Å². The molecule has 0 aliphatic rings. The Bertz CT molecular complexity index is 1240. The molecule has 0 saturated heterocycles. The fraction of sp³-hybridized carbons (Fsp3) is 0.0769. The zero-order valence-corrected chi connectivity index (χ0v) is 16.8. The van der Waals surface area contributed by atoms with Crippen LogP contribution in [0, 0.1) is 0 Å². The molecule has 0 spiro atoms. The fourth-order valence-electron chi connectivity index (χ4n) is 3.38. The Morgan fingerprint density at radius 1 is 0.900 bits per heavy atom. The minimum atomic E-state index is -0.138. The third-order valence-corrected chi connectivity index (χ3v) is 4.95. The maximum atomic E-state index is 12.8. The first kappa shape index (κ1) is 19.4. The number of ether oxygens (including phenoxy) is 2. The van der Waals surface area contributed by atoms with Crippen molar-refractivity contribution in [1.82, 2.24) is 4.98 Å². The first-order valence-corrected chi connectivity index (χ1v) is 9.58. The predicted molar refractivity (Wildman–Crippen MR) is 120 cm³/mol. The van der Waals surface area contributed by atoms with Gasteiger partial charge in [-0.1, -0.05) is 48.5 Å². The van der Waals surface area contributed by atoms with Crippen molar-refractivity contribution in [1.29, 1.82) is 0 Å². The molecule has 0 aliphatic carbocycles. The normalized spacial score (nSPS) is 11.0. The van der Waals surface area contributed by atoms with Gasteiger partial charge in [0.15, 0.2) is 5.78 Å². The molecule has 4 nitrogen and oxygen atoms in total. The molecule has 1 heterocycles. The molecule has 30 heavy (non-hydrogen) atoms. The number of fused-ring (bicyclic) bond motifs is 1. The summed E-state index contributed by atoms with van der Waals surface area (Å²) in [5.41, 5.74) is 4.40. The summed E-state index contributed by atoms with van der Waals surface area (Å²) in [4.78, 5) is 17.4. The van der Waals surface area contributed by atoms with Gasteiger partial charge in [0.05, 0.1) is 25.3 Å². The van der Waals surface area contributed by atoms with Crippen LogP contribution in [0.1, 0.15) is 15.9 Å². The van der Waals surface area contributed by atoms with Crippen LogP contribution in [0.4, 0.5) is 0 Å². The van der Waals surface area contributed by atoms with Crippen molar-refractivity contribution in [3.63, 3.8) is 0 Å². The fourth-order valence-corrected chi connectivity index (χ4v) is 3.38. The first-order valence-electron chi connectivity index (χ1n) is 9.58. The number of nitrogens with zero attached hydrogens (tertiary/aromatic N) is 1. The van der Waals surface area contributed by atoms with Gasteiger partial charge in [-0.15, -0.1) is 0 Å². The van der Waals surface area contributed by atoms with E-state index in [1.54, 1.807) is 31.4 Å². The van der Waals surface area contributed by atoms with Gasteiger partial charge in [0.25, 0.3) is 0 Å². The molecule has 0 atom stereocenters. The van der Waals surface area contributed by atoms with Gasteiger partial charge in [-0.25, -0.2) is 0 Å². The van der Waals surface area contributed by atoms with Crippen molar-refractivity contribution in [2.24, 2.45) is 0 Å². The molecule has 0 saturated carbocycles. The zero-order valence-electron chi connectivity index (χ0n) is 16.8. The van der Waals surface area contributed by atoms with Crippen LogP contribution in [0.15, 0.2) is 85.1 Å². The molecule has 4 heteroatoms. The third-order valence-electron chi connectivity index (χ3n) is 4.95. The van der Waals surface area contributed by atoms with Crippen molar-refractivity contribution < 1.29 is 14.3 Å². The number of pyridine rings is 1. The summed E-state index contributed by atoms with van der Waals surface area (Å²) in [5.74, 6) is 0.985. The first-order chi connectivity index (χ1) is 14.7. The van der Waals surface area contributed by atoms with Gasteiger partial charge in [0.2, 0.25) is 0 Å². The van der Waals surface area contributed by atoms with Crippen LogP contribution in [0.25, 0.3) is 28.1 Å². The van der Waals surface area contributed by atoms with Crippen LogP contribution in [0.5, 0.6) is 11.5 Å². The maximum absolute atomic E-state index is 12.8. The van der Waals surface area contributed by atoms with E-state index >= 15 is 0 Å². The molecule has 0 fully saturated rings. The lowest BCUT2D eigenvalue weighted by molar-refractivity contribution is 0.104. The Kier molecular flexibility index (Phi) is 5.57. The van der Waals surface area contributed by atoms with Crippen molar-refractivity contribution in [2.45, 2.75) is 0 Å². The molecule has 0 bridgehead atoms. The lowest BCUT2D eigenvalue weighted by Crippen LogP contribution is -1.99. The highest BCUT2D eigenvalue weighted by Gasteiger charge is 2.11. The number of hydrogen-bond acceptors (Lipinski definition) is 4. The molecular formula is C26H21NO3. The second-order valence-electron chi connectivity index (χ2n) is 6.77. The highest BCUT2D eigenvalue weighted by molar-refractivity contribution is 6.09. The SMILES string of the molecule is COc1ccc(C(=O)/C=C/c2ccccc2-c2cnc3ccccc3c2)c(OC)c1. The topological polar surface area (TPSA) is 48.4 Å². The summed E-state index contributed by atoms with van der Waals surface area (Å²) in [6.07, 6.45) is 5.26. The van der Waals surface area contributed by atoms with Crippen LogP contribution >= 0.6 is 0 Å². The van der Waals surface area contributed by atoms with Crippen LogP contribution in [0.2, 0.25) is 0 Å². The summed E-state index contributed by atoms with van der Waals surface area (Å²) >= 11 is 0. The van der Waals surface area contributed by atoms with E-state index in [1.165, 1.54) is 7.11 Å². The smallest absolute Gasteiger partial charge is 0.189 e. The monoisotopic (exact) mass is 395 g/mol. The number of methoxy groups -OCH3 is 2. The van der Waals surface area contributed by atoms with Crippen molar-refractivity contribution in [3.05, 3.63) is 96.2 Å². The highest BCUT2D eigenvalue weighted by atomic mass is 16.5. The highest BCUT2D eigenvalue weighted by Crippen LogP contribution is 2.28. The van der Waals surface area contributed by atoms with Crippen LogP contribution in [-0.2, 0) is 0 Å². The Balaban J connectivity index is 1.67. The zero-order chi connectivity index (χ0) is 20.9. The molecule has 0 aliphatic heterocycles. The van der Waals surface area contributed by atoms with Crippen LogP contribution < -0.4 is 9.47 Å². The molecule has 3 aromatic carbocycles. The average molecular weight is 395 g/mol. The van der Waals surface area contributed by atoms with E-state index in [1.807, 2.05) is 60.8 Å². The number of hydrogen-bond donors (Lipinski definition) is 0. The Labute approximate surface area is 175 Å². The number of aromatic nitrogens is 1. The summed E-state index contributed by atoms with van der Waals surface area (Å²) in [5, 5.41) is 1.08. The number of benzene rings is 3. The van der Waals surface area contributed by atoms with Crippen molar-refractivity contribution >= 4 is 22.8 Å². The summed E-state index contributed by atoms with van der Waals surface area (Å²) in [7, 11) is 3.12. The van der Waals surface area contributed by atoms with E-state index in [0.29, 0.717) is 17.1 Å². The minimum Gasteiger partial charge on any atom is -0.497 e. The molecule has 0 N–H and O–H groups in total. The van der Waals surface area contributed by atoms with Gasteiger partial charge >= 0.3 is 0 Å². The summed E-state index contributed by atoms with van der Waals surface area (Å²) < 4.78 is 10.6. The van der Waals surface area contributed by atoms with E-state index in [0.717, 1.165) is 27.6 Å². The van der Waals surface area contributed by atoms with E-state index in [4.69, 9.17) is 9.47 Å². The number of allylic oxidation sites excluding steroid dienone is 1. The average Bonchev–Trinajstić information content (AvgIpc) is 2.82. The van der Waals surface area contributed by atoms with Gasteiger partial charge in [-0.2, -0.15) is 0 Å². The molecule has 0 amide bonds. The number of carbonyl (C=O) groups excluding carboxylic acids is 1. The molecule has 0 radical (unpaired) electrons. The Hall–Kier alpha value is -3.92. The van der Waals surface area contributed by atoms with E-state index in [9.17, 15) is 4.79 Å². The number of ketones is 1. The summed E-state index contributed by atoms with van der Waals surface area (Å²) in [6, 6.07) is 23.2. The van der Waals surface area contributed by atoms with Gasteiger partial charge in [0, 0.05) is 23.2 Å². The summed E-state index contributed by atoms with van der Waals surface area (Å²) in [6.45, 7) is 0. The molecular weight excluding hydrogens is 374 g/mol. The lowest BCUT2D eigenvalue weighted by atomic mass is 9.98. The van der Waals surface area contributed by atoms with Gasteiger partial charge in [-0.3, -0.25) is 9.78 Å². The van der Waals surface area contributed by atoms with Crippen LogP contribution in [-0.4, -0.2) is 25.0 Å². The largest absolute Gasteiger partial charge is 0.497 e. The lowest BCUT2D eigenvalue weighted by Gasteiger charge is -2.09. The second-order valence-corrected chi connectivity index (χ2v) is 6.77. The second kappa shape index (κ2) is 8.62. The molecule has 1 aromatic heterocycles. The van der Waals surface area contributed by atoms with Crippen molar-refractivity contribution in [2.75, 3.05) is 14.2 Å². The van der Waals surface area contributed by atoms with Gasteiger partial charge in [0.1, 0.15) is 11.5 Å². The number of rotatable bonds is 6.